The van der Waals surface area contributed by atoms with Gasteiger partial charge in [-0.25, -0.2) is 0 Å². The third kappa shape index (κ3) is 2.95. The molecule has 2 unspecified atom stereocenters. The van der Waals surface area contributed by atoms with Crippen molar-refractivity contribution in [2.75, 3.05) is 0 Å². The maximum atomic E-state index is 12.9. The van der Waals surface area contributed by atoms with E-state index in [0.717, 1.165) is 21.6 Å². The zero-order valence-corrected chi connectivity index (χ0v) is 15.2. The van der Waals surface area contributed by atoms with Gasteiger partial charge >= 0.3 is 0 Å². The fraction of sp³-hybridized carbons (Fsp3) is 0.0909. The summed E-state index contributed by atoms with van der Waals surface area (Å²) in [6.45, 7) is 0. The Morgan fingerprint density at radius 1 is 0.852 bits per heavy atom. The Morgan fingerprint density at radius 2 is 1.37 bits per heavy atom. The molecule has 1 aliphatic rings. The maximum Gasteiger partial charge on any atom is 0.293 e. The van der Waals surface area contributed by atoms with Crippen molar-refractivity contribution in [3.63, 3.8) is 0 Å². The van der Waals surface area contributed by atoms with Crippen molar-refractivity contribution >= 4 is 22.9 Å². The highest BCUT2D eigenvalue weighted by atomic mass is 32.2. The van der Waals surface area contributed by atoms with Crippen LogP contribution in [0.5, 0.6) is 0 Å². The van der Waals surface area contributed by atoms with Crippen LogP contribution in [0.4, 0.5) is 4.79 Å². The quantitative estimate of drug-likeness (QED) is 0.546. The molecule has 27 heavy (non-hydrogen) atoms. The molecule has 0 bridgehead atoms. The Labute approximate surface area is 161 Å². The smallest absolute Gasteiger partial charge is 0.293 e. The van der Waals surface area contributed by atoms with Crippen LogP contribution in [0.3, 0.4) is 0 Å². The van der Waals surface area contributed by atoms with Gasteiger partial charge in [-0.05, 0) is 35.0 Å². The van der Waals surface area contributed by atoms with E-state index in [1.165, 1.54) is 0 Å². The van der Waals surface area contributed by atoms with Gasteiger partial charge in [-0.3, -0.25) is 14.5 Å². The van der Waals surface area contributed by atoms with E-state index in [-0.39, 0.29) is 0 Å². The number of amides is 2. The zero-order chi connectivity index (χ0) is 18.9. The van der Waals surface area contributed by atoms with E-state index in [0.29, 0.717) is 11.1 Å². The first-order valence-electron chi connectivity index (χ1n) is 8.55. The van der Waals surface area contributed by atoms with Gasteiger partial charge in [0.15, 0.2) is 5.60 Å². The van der Waals surface area contributed by atoms with Gasteiger partial charge in [-0.2, -0.15) is 0 Å². The summed E-state index contributed by atoms with van der Waals surface area (Å²) in [5.41, 5.74) is -0.557. The van der Waals surface area contributed by atoms with Gasteiger partial charge in [-0.1, -0.05) is 78.9 Å². The second-order valence-corrected chi connectivity index (χ2v) is 7.33. The predicted molar refractivity (Wildman–Crippen MR) is 104 cm³/mol. The molecule has 134 valence electrons. The lowest BCUT2D eigenvalue weighted by molar-refractivity contribution is -0.185. The number of carbonyl (C=O) groups is 2. The summed E-state index contributed by atoms with van der Waals surface area (Å²) in [7, 11) is 0. The normalized spacial score (nSPS) is 21.6. The number of likely N-dealkylation sites (tertiary alicyclic amines) is 1. The summed E-state index contributed by atoms with van der Waals surface area (Å²) in [6.07, 6.45) is 0. The highest BCUT2D eigenvalue weighted by molar-refractivity contribution is 8.13. The Hall–Kier alpha value is -2.89. The highest BCUT2D eigenvalue weighted by Crippen LogP contribution is 2.51. The summed E-state index contributed by atoms with van der Waals surface area (Å²) in [4.78, 5) is 27.7. The SMILES string of the molecule is O=C(Sc1ccccc1)N1C(=O)C(O)(c2ccccc2)C1c1ccccc1. The highest BCUT2D eigenvalue weighted by Gasteiger charge is 2.63. The number of carbonyl (C=O) groups excluding carboxylic acids is 2. The Morgan fingerprint density at radius 3 is 1.96 bits per heavy atom. The number of benzene rings is 3. The minimum Gasteiger partial charge on any atom is -0.373 e. The predicted octanol–water partition coefficient (Wildman–Crippen LogP) is 4.37. The number of thioether (sulfide) groups is 1. The first-order chi connectivity index (χ1) is 13.1. The van der Waals surface area contributed by atoms with Crippen LogP contribution in [0, 0.1) is 0 Å². The van der Waals surface area contributed by atoms with Crippen molar-refractivity contribution in [3.8, 4) is 0 Å². The molecule has 1 saturated heterocycles. The lowest BCUT2D eigenvalue weighted by Gasteiger charge is -2.51. The van der Waals surface area contributed by atoms with E-state index >= 15 is 0 Å². The minimum absolute atomic E-state index is 0.402. The molecule has 5 heteroatoms. The molecule has 1 heterocycles. The molecule has 3 aromatic rings. The summed E-state index contributed by atoms with van der Waals surface area (Å²) in [5, 5.41) is 10.9. The first kappa shape index (κ1) is 17.5. The standard InChI is InChI=1S/C22H17NO3S/c24-20-22(26,17-12-6-2-7-13-17)19(16-10-4-1-5-11-16)23(20)21(25)27-18-14-8-3-9-15-18/h1-15,19,26H. The molecule has 0 saturated carbocycles. The molecule has 4 rings (SSSR count). The molecule has 2 amide bonds. The summed E-state index contributed by atoms with van der Waals surface area (Å²) in [5.74, 6) is -0.601. The average Bonchev–Trinajstić information content (AvgIpc) is 2.72. The maximum absolute atomic E-state index is 12.9. The summed E-state index contributed by atoms with van der Waals surface area (Å²) in [6, 6.07) is 26.3. The number of imide groups is 1. The van der Waals surface area contributed by atoms with Gasteiger partial charge in [0.1, 0.15) is 6.04 Å². The molecule has 3 aromatic carbocycles. The third-order valence-corrected chi connectivity index (χ3v) is 5.55. The minimum atomic E-state index is -1.75. The van der Waals surface area contributed by atoms with Crippen molar-refractivity contribution in [1.29, 1.82) is 0 Å². The van der Waals surface area contributed by atoms with E-state index < -0.39 is 22.8 Å². The fourth-order valence-corrected chi connectivity index (χ4v) is 4.15. The van der Waals surface area contributed by atoms with Crippen molar-refractivity contribution in [2.24, 2.45) is 0 Å². The Balaban J connectivity index is 1.72. The van der Waals surface area contributed by atoms with Crippen molar-refractivity contribution in [2.45, 2.75) is 16.5 Å². The number of aliphatic hydroxyl groups is 1. The fourth-order valence-electron chi connectivity index (χ4n) is 3.36. The Kier molecular flexibility index (Phi) is 4.56. The van der Waals surface area contributed by atoms with Crippen LogP contribution in [-0.2, 0) is 10.4 Å². The monoisotopic (exact) mass is 375 g/mol. The molecule has 0 aromatic heterocycles. The zero-order valence-electron chi connectivity index (χ0n) is 14.4. The van der Waals surface area contributed by atoms with Crippen molar-refractivity contribution in [1.82, 2.24) is 4.90 Å². The topological polar surface area (TPSA) is 57.6 Å². The van der Waals surface area contributed by atoms with Crippen molar-refractivity contribution < 1.29 is 14.7 Å². The van der Waals surface area contributed by atoms with Gasteiger partial charge in [0, 0.05) is 4.90 Å². The lowest BCUT2D eigenvalue weighted by atomic mass is 9.74. The molecule has 2 atom stereocenters. The van der Waals surface area contributed by atoms with Crippen LogP contribution in [-0.4, -0.2) is 21.2 Å². The number of hydrogen-bond acceptors (Lipinski definition) is 4. The van der Waals surface area contributed by atoms with Crippen LogP contribution in [0.1, 0.15) is 17.2 Å². The molecule has 1 fully saturated rings. The van der Waals surface area contributed by atoms with Crippen LogP contribution in [0.25, 0.3) is 0 Å². The molecule has 1 N–H and O–H groups in total. The van der Waals surface area contributed by atoms with E-state index in [9.17, 15) is 14.7 Å². The van der Waals surface area contributed by atoms with E-state index in [1.54, 1.807) is 24.3 Å². The lowest BCUT2D eigenvalue weighted by Crippen LogP contribution is -2.67. The van der Waals surface area contributed by atoms with Gasteiger partial charge < -0.3 is 5.11 Å². The summed E-state index contributed by atoms with van der Waals surface area (Å²) < 4.78 is 0. The van der Waals surface area contributed by atoms with Crippen molar-refractivity contribution in [3.05, 3.63) is 102 Å². The number of nitrogens with zero attached hydrogens (tertiary/aromatic N) is 1. The molecule has 1 aliphatic heterocycles. The molecule has 0 radical (unpaired) electrons. The molecule has 0 aliphatic carbocycles. The average molecular weight is 375 g/mol. The molecule has 0 spiro atoms. The third-order valence-electron chi connectivity index (χ3n) is 4.67. The van der Waals surface area contributed by atoms with Crippen LogP contribution in [0.2, 0.25) is 0 Å². The largest absolute Gasteiger partial charge is 0.373 e. The van der Waals surface area contributed by atoms with Crippen LogP contribution in [0.15, 0.2) is 95.9 Å². The van der Waals surface area contributed by atoms with E-state index in [2.05, 4.69) is 0 Å². The van der Waals surface area contributed by atoms with Gasteiger partial charge in [0.25, 0.3) is 11.1 Å². The second kappa shape index (κ2) is 7.02. The van der Waals surface area contributed by atoms with Crippen LogP contribution >= 0.6 is 11.8 Å². The van der Waals surface area contributed by atoms with Crippen LogP contribution < -0.4 is 0 Å². The molecule has 4 nitrogen and oxygen atoms in total. The van der Waals surface area contributed by atoms with Gasteiger partial charge in [-0.15, -0.1) is 0 Å². The first-order valence-corrected chi connectivity index (χ1v) is 9.37. The number of β-lactam (4-membered cyclic amide) rings is 1. The Bertz CT molecular complexity index is 963. The number of hydrogen-bond donors (Lipinski definition) is 1. The number of rotatable bonds is 3. The van der Waals surface area contributed by atoms with Gasteiger partial charge in [0.05, 0.1) is 0 Å². The molecular formula is C22H17NO3S. The van der Waals surface area contributed by atoms with E-state index in [1.807, 2.05) is 66.7 Å². The van der Waals surface area contributed by atoms with Gasteiger partial charge in [0.2, 0.25) is 0 Å². The molecular weight excluding hydrogens is 358 g/mol. The van der Waals surface area contributed by atoms with E-state index in [4.69, 9.17) is 0 Å². The summed E-state index contributed by atoms with van der Waals surface area (Å²) >= 11 is 0.981. The second-order valence-electron chi connectivity index (χ2n) is 6.30.